The summed E-state index contributed by atoms with van der Waals surface area (Å²) in [6, 6.07) is 30.0. The van der Waals surface area contributed by atoms with Crippen molar-refractivity contribution in [2.75, 3.05) is 0 Å². The lowest BCUT2D eigenvalue weighted by Crippen LogP contribution is -2.57. The predicted octanol–water partition coefficient (Wildman–Crippen LogP) is 4.21. The van der Waals surface area contributed by atoms with Gasteiger partial charge in [0.15, 0.2) is 0 Å². The Morgan fingerprint density at radius 2 is 1.21 bits per heavy atom. The Morgan fingerprint density at radius 1 is 0.536 bits per heavy atom. The topological polar surface area (TPSA) is 27.7 Å². The molecule has 0 unspecified atom stereocenters. The fourth-order valence-electron chi connectivity index (χ4n) is 4.04. The fraction of sp³-hybridized carbons (Fsp3) is 0. The maximum absolute atomic E-state index is 6.26. The molecule has 4 aromatic carbocycles. The van der Waals surface area contributed by atoms with Gasteiger partial charge in [0.05, 0.1) is 0 Å². The normalized spacial score (nSPS) is 12.8. The van der Waals surface area contributed by atoms with E-state index in [2.05, 4.69) is 18.2 Å². The van der Waals surface area contributed by atoms with E-state index in [1.54, 1.807) is 0 Å². The zero-order valence-corrected chi connectivity index (χ0v) is 15.0. The molecule has 0 spiro atoms. The van der Waals surface area contributed by atoms with Gasteiger partial charge in [0, 0.05) is 11.5 Å². The Kier molecular flexibility index (Phi) is 3.26. The minimum Gasteiger partial charge on any atom is -0.458 e. The van der Waals surface area contributed by atoms with Crippen LogP contribution in [0, 0.1) is 0 Å². The first kappa shape index (κ1) is 15.4. The maximum Gasteiger partial charge on any atom is 0.260 e. The summed E-state index contributed by atoms with van der Waals surface area (Å²) in [6.07, 6.45) is 0. The smallest absolute Gasteiger partial charge is 0.260 e. The number of para-hydroxylation sites is 2. The largest absolute Gasteiger partial charge is 0.458 e. The predicted molar refractivity (Wildman–Crippen MR) is 111 cm³/mol. The molecule has 4 heteroatoms. The highest BCUT2D eigenvalue weighted by molar-refractivity contribution is 6.98. The maximum atomic E-state index is 6.26. The third-order valence-electron chi connectivity index (χ3n) is 5.26. The highest BCUT2D eigenvalue weighted by Gasteiger charge is 2.39. The molecule has 4 aromatic rings. The molecule has 6 rings (SSSR count). The molecule has 0 fully saturated rings. The molecule has 28 heavy (non-hydrogen) atoms. The molecule has 0 N–H and O–H groups in total. The van der Waals surface area contributed by atoms with E-state index in [9.17, 15) is 0 Å². The summed E-state index contributed by atoms with van der Waals surface area (Å²) in [7, 11) is 0. The third-order valence-corrected chi connectivity index (χ3v) is 5.26. The zero-order valence-electron chi connectivity index (χ0n) is 15.0. The minimum absolute atomic E-state index is 0.0886. The Hall–Kier alpha value is -3.66. The van der Waals surface area contributed by atoms with Crippen molar-refractivity contribution in [1.29, 1.82) is 0 Å². The first-order valence-corrected chi connectivity index (χ1v) is 9.31. The van der Waals surface area contributed by atoms with Crippen LogP contribution in [0.15, 0.2) is 91.0 Å². The first-order chi connectivity index (χ1) is 13.9. The van der Waals surface area contributed by atoms with Gasteiger partial charge in [0.2, 0.25) is 0 Å². The molecule has 0 radical (unpaired) electrons. The van der Waals surface area contributed by atoms with Gasteiger partial charge in [-0.1, -0.05) is 48.5 Å². The highest BCUT2D eigenvalue weighted by Crippen LogP contribution is 2.35. The number of hydrogen-bond donors (Lipinski definition) is 0. The minimum atomic E-state index is 0.0886. The van der Waals surface area contributed by atoms with Crippen LogP contribution in [0.25, 0.3) is 0 Å². The molecule has 0 aromatic heterocycles. The standard InChI is InChI=1S/C24H15BO3/c1-2-7-16(8-3-1)26-17-13-14-19-23(15-17)28-22-12-6-11-21-24(22)25(19)18-9-4-5-10-20(18)27-21/h1-15H. The molecule has 3 nitrogen and oxygen atoms in total. The van der Waals surface area contributed by atoms with Gasteiger partial charge >= 0.3 is 0 Å². The summed E-state index contributed by atoms with van der Waals surface area (Å²) in [6.45, 7) is 0.0886. The van der Waals surface area contributed by atoms with Crippen LogP contribution >= 0.6 is 0 Å². The van der Waals surface area contributed by atoms with E-state index in [1.807, 2.05) is 72.8 Å². The van der Waals surface area contributed by atoms with Gasteiger partial charge in [0.1, 0.15) is 34.5 Å². The van der Waals surface area contributed by atoms with Gasteiger partial charge in [-0.25, -0.2) is 0 Å². The lowest BCUT2D eigenvalue weighted by molar-refractivity contribution is 0.454. The quantitative estimate of drug-likeness (QED) is 0.432. The molecule has 0 saturated heterocycles. The van der Waals surface area contributed by atoms with E-state index in [1.165, 1.54) is 0 Å². The lowest BCUT2D eigenvalue weighted by atomic mass is 9.35. The molecular formula is C24H15BO3. The number of rotatable bonds is 2. The summed E-state index contributed by atoms with van der Waals surface area (Å²) in [4.78, 5) is 0. The number of benzene rings is 4. The van der Waals surface area contributed by atoms with Gasteiger partial charge in [-0.05, 0) is 47.3 Å². The van der Waals surface area contributed by atoms with E-state index in [0.717, 1.165) is 50.9 Å². The van der Waals surface area contributed by atoms with E-state index < -0.39 is 0 Å². The number of fused-ring (bicyclic) bond motifs is 4. The summed E-state index contributed by atoms with van der Waals surface area (Å²) in [5, 5.41) is 0. The van der Waals surface area contributed by atoms with Crippen LogP contribution in [0.3, 0.4) is 0 Å². The Labute approximate surface area is 163 Å². The van der Waals surface area contributed by atoms with Crippen LogP contribution in [0.1, 0.15) is 0 Å². The Bertz CT molecular complexity index is 1200. The molecule has 0 saturated carbocycles. The summed E-state index contributed by atoms with van der Waals surface area (Å²) in [5.74, 6) is 4.97. The van der Waals surface area contributed by atoms with Gasteiger partial charge in [-0.15, -0.1) is 0 Å². The van der Waals surface area contributed by atoms with Crippen LogP contribution < -0.4 is 30.6 Å². The van der Waals surface area contributed by atoms with Gasteiger partial charge in [-0.3, -0.25) is 0 Å². The summed E-state index contributed by atoms with van der Waals surface area (Å²) < 4.78 is 18.4. The van der Waals surface area contributed by atoms with Crippen molar-refractivity contribution < 1.29 is 14.2 Å². The van der Waals surface area contributed by atoms with Crippen LogP contribution in [0.5, 0.6) is 34.5 Å². The molecule has 0 atom stereocenters. The van der Waals surface area contributed by atoms with Crippen molar-refractivity contribution in [2.45, 2.75) is 0 Å². The first-order valence-electron chi connectivity index (χ1n) is 9.31. The van der Waals surface area contributed by atoms with Gasteiger partial charge in [0.25, 0.3) is 6.71 Å². The Balaban J connectivity index is 1.49. The van der Waals surface area contributed by atoms with Gasteiger partial charge in [-0.2, -0.15) is 0 Å². The number of hydrogen-bond acceptors (Lipinski definition) is 3. The molecule has 0 amide bonds. The summed E-state index contributed by atoms with van der Waals surface area (Å²) in [5.41, 5.74) is 3.37. The van der Waals surface area contributed by atoms with E-state index >= 15 is 0 Å². The second kappa shape index (κ2) is 5.93. The van der Waals surface area contributed by atoms with Crippen LogP contribution in [-0.2, 0) is 0 Å². The molecule has 2 heterocycles. The van der Waals surface area contributed by atoms with Crippen molar-refractivity contribution >= 4 is 23.1 Å². The lowest BCUT2D eigenvalue weighted by Gasteiger charge is -2.32. The fourth-order valence-corrected chi connectivity index (χ4v) is 4.04. The van der Waals surface area contributed by atoms with Crippen molar-refractivity contribution in [3.8, 4) is 34.5 Å². The van der Waals surface area contributed by atoms with Crippen LogP contribution in [-0.4, -0.2) is 6.71 Å². The molecule has 132 valence electrons. The Morgan fingerprint density at radius 3 is 2.07 bits per heavy atom. The molecule has 0 aliphatic carbocycles. The van der Waals surface area contributed by atoms with E-state index in [4.69, 9.17) is 14.2 Å². The van der Waals surface area contributed by atoms with Crippen molar-refractivity contribution in [3.63, 3.8) is 0 Å². The summed E-state index contributed by atoms with van der Waals surface area (Å²) >= 11 is 0. The van der Waals surface area contributed by atoms with Gasteiger partial charge < -0.3 is 14.2 Å². The second-order valence-corrected chi connectivity index (χ2v) is 6.96. The molecular weight excluding hydrogens is 347 g/mol. The zero-order chi connectivity index (χ0) is 18.5. The van der Waals surface area contributed by atoms with Crippen LogP contribution in [0.4, 0.5) is 0 Å². The average molecular weight is 362 g/mol. The van der Waals surface area contributed by atoms with E-state index in [-0.39, 0.29) is 6.71 Å². The second-order valence-electron chi connectivity index (χ2n) is 6.96. The molecule has 0 bridgehead atoms. The third kappa shape index (κ3) is 2.31. The van der Waals surface area contributed by atoms with Crippen LogP contribution in [0.2, 0.25) is 0 Å². The SMILES string of the molecule is c1ccc(Oc2ccc3c(c2)Oc2cccc4c2B3c2ccccc2O4)cc1. The monoisotopic (exact) mass is 362 g/mol. The molecule has 2 aliphatic heterocycles. The van der Waals surface area contributed by atoms with Crippen molar-refractivity contribution in [2.24, 2.45) is 0 Å². The van der Waals surface area contributed by atoms with Crippen molar-refractivity contribution in [1.82, 2.24) is 0 Å². The van der Waals surface area contributed by atoms with E-state index in [0.29, 0.717) is 0 Å². The average Bonchev–Trinajstić information content (AvgIpc) is 2.74. The number of ether oxygens (including phenoxy) is 3. The highest BCUT2D eigenvalue weighted by atomic mass is 16.5. The molecule has 2 aliphatic rings. The van der Waals surface area contributed by atoms with Crippen molar-refractivity contribution in [3.05, 3.63) is 91.0 Å².